The van der Waals surface area contributed by atoms with Crippen molar-refractivity contribution in [3.63, 3.8) is 0 Å². The zero-order chi connectivity index (χ0) is 10.7. The number of nitrogens with one attached hydrogen (secondary N) is 1. The second kappa shape index (κ2) is 4.27. The highest BCUT2D eigenvalue weighted by Crippen LogP contribution is 2.12. The van der Waals surface area contributed by atoms with E-state index in [1.54, 1.807) is 17.1 Å². The van der Waals surface area contributed by atoms with Gasteiger partial charge >= 0.3 is 0 Å². The van der Waals surface area contributed by atoms with Crippen molar-refractivity contribution in [1.29, 1.82) is 0 Å². The fourth-order valence-electron chi connectivity index (χ4n) is 1.37. The Morgan fingerprint density at radius 3 is 3.07 bits per heavy atom. The molecule has 0 radical (unpaired) electrons. The molecule has 0 fully saturated rings. The number of furan rings is 1. The van der Waals surface area contributed by atoms with Crippen LogP contribution in [0.25, 0.3) is 0 Å². The number of aryl methyl sites for hydroxylation is 1. The van der Waals surface area contributed by atoms with Gasteiger partial charge in [-0.3, -0.25) is 4.68 Å². The fraction of sp³-hybridized carbons (Fsp3) is 0.400. The Kier molecular flexibility index (Phi) is 2.82. The van der Waals surface area contributed by atoms with Gasteiger partial charge in [-0.15, -0.1) is 5.10 Å². The second-order valence-corrected chi connectivity index (χ2v) is 3.47. The summed E-state index contributed by atoms with van der Waals surface area (Å²) in [5.74, 6) is 0.935. The molecule has 0 unspecified atom stereocenters. The monoisotopic (exact) mass is 206 g/mol. The summed E-state index contributed by atoms with van der Waals surface area (Å²) in [6.45, 7) is 2.79. The minimum Gasteiger partial charge on any atom is -0.468 e. The van der Waals surface area contributed by atoms with Gasteiger partial charge in [0.05, 0.1) is 24.2 Å². The molecule has 0 aliphatic heterocycles. The molecular weight excluding hydrogens is 192 g/mol. The molecule has 2 aromatic heterocycles. The van der Waals surface area contributed by atoms with Gasteiger partial charge in [0, 0.05) is 13.6 Å². The van der Waals surface area contributed by atoms with Crippen LogP contribution in [-0.2, 0) is 13.6 Å². The maximum Gasteiger partial charge on any atom is 0.120 e. The SMILES string of the molecule is C[C@H](NCc1cnnn1C)c1ccco1. The molecule has 80 valence electrons. The van der Waals surface area contributed by atoms with Crippen molar-refractivity contribution in [3.05, 3.63) is 36.0 Å². The molecule has 0 aliphatic carbocycles. The zero-order valence-corrected chi connectivity index (χ0v) is 8.84. The van der Waals surface area contributed by atoms with Crippen LogP contribution in [0.5, 0.6) is 0 Å². The predicted molar refractivity (Wildman–Crippen MR) is 55.0 cm³/mol. The first kappa shape index (κ1) is 9.92. The van der Waals surface area contributed by atoms with Gasteiger partial charge in [-0.2, -0.15) is 0 Å². The number of rotatable bonds is 4. The molecule has 0 aliphatic rings. The Bertz CT molecular complexity index is 407. The van der Waals surface area contributed by atoms with Gasteiger partial charge in [-0.25, -0.2) is 0 Å². The van der Waals surface area contributed by atoms with E-state index in [2.05, 4.69) is 22.6 Å². The zero-order valence-electron chi connectivity index (χ0n) is 8.84. The molecule has 1 atom stereocenters. The van der Waals surface area contributed by atoms with E-state index in [1.165, 1.54) is 0 Å². The molecule has 2 heterocycles. The largest absolute Gasteiger partial charge is 0.468 e. The van der Waals surface area contributed by atoms with Crippen LogP contribution in [0.4, 0.5) is 0 Å². The molecule has 0 spiro atoms. The predicted octanol–water partition coefficient (Wildman–Crippen LogP) is 1.26. The van der Waals surface area contributed by atoms with E-state index in [9.17, 15) is 0 Å². The van der Waals surface area contributed by atoms with E-state index in [0.717, 1.165) is 18.0 Å². The molecule has 0 amide bonds. The number of aromatic nitrogens is 3. The first-order chi connectivity index (χ1) is 7.27. The van der Waals surface area contributed by atoms with Crippen LogP contribution in [0.1, 0.15) is 24.4 Å². The summed E-state index contributed by atoms with van der Waals surface area (Å²) in [6.07, 6.45) is 3.43. The van der Waals surface area contributed by atoms with E-state index >= 15 is 0 Å². The highest BCUT2D eigenvalue weighted by molar-refractivity contribution is 5.03. The van der Waals surface area contributed by atoms with Crippen molar-refractivity contribution in [2.24, 2.45) is 7.05 Å². The topological polar surface area (TPSA) is 55.9 Å². The van der Waals surface area contributed by atoms with Crippen LogP contribution in [0.15, 0.2) is 29.0 Å². The molecule has 0 aromatic carbocycles. The van der Waals surface area contributed by atoms with Crippen molar-refractivity contribution < 1.29 is 4.42 Å². The normalized spacial score (nSPS) is 12.9. The highest BCUT2D eigenvalue weighted by Gasteiger charge is 2.08. The molecule has 2 aromatic rings. The van der Waals surface area contributed by atoms with Crippen molar-refractivity contribution in [1.82, 2.24) is 20.3 Å². The third-order valence-electron chi connectivity index (χ3n) is 2.37. The van der Waals surface area contributed by atoms with E-state index in [4.69, 9.17) is 4.42 Å². The third-order valence-corrected chi connectivity index (χ3v) is 2.37. The van der Waals surface area contributed by atoms with Gasteiger partial charge in [0.25, 0.3) is 0 Å². The van der Waals surface area contributed by atoms with Crippen LogP contribution in [0, 0.1) is 0 Å². The lowest BCUT2D eigenvalue weighted by atomic mass is 10.2. The Hall–Kier alpha value is -1.62. The summed E-state index contributed by atoms with van der Waals surface area (Å²) >= 11 is 0. The third kappa shape index (κ3) is 2.24. The first-order valence-electron chi connectivity index (χ1n) is 4.87. The number of hydrogen-bond donors (Lipinski definition) is 1. The summed E-state index contributed by atoms with van der Waals surface area (Å²) < 4.78 is 7.05. The molecule has 5 nitrogen and oxygen atoms in total. The first-order valence-corrected chi connectivity index (χ1v) is 4.87. The highest BCUT2D eigenvalue weighted by atomic mass is 16.3. The van der Waals surface area contributed by atoms with Crippen LogP contribution in [-0.4, -0.2) is 15.0 Å². The minimum absolute atomic E-state index is 0.190. The Morgan fingerprint density at radius 1 is 1.60 bits per heavy atom. The molecular formula is C10H14N4O. The molecule has 0 saturated heterocycles. The average Bonchev–Trinajstić information content (AvgIpc) is 2.85. The Balaban J connectivity index is 1.91. The maximum atomic E-state index is 5.29. The molecule has 1 N–H and O–H groups in total. The fourth-order valence-corrected chi connectivity index (χ4v) is 1.37. The van der Waals surface area contributed by atoms with E-state index in [-0.39, 0.29) is 6.04 Å². The molecule has 0 saturated carbocycles. The van der Waals surface area contributed by atoms with Crippen LogP contribution in [0.2, 0.25) is 0 Å². The van der Waals surface area contributed by atoms with E-state index in [0.29, 0.717) is 0 Å². The van der Waals surface area contributed by atoms with Gasteiger partial charge in [0.1, 0.15) is 5.76 Å². The summed E-state index contributed by atoms with van der Waals surface area (Å²) in [5, 5.41) is 11.0. The van der Waals surface area contributed by atoms with Crippen molar-refractivity contribution in [2.75, 3.05) is 0 Å². The van der Waals surface area contributed by atoms with Crippen LogP contribution >= 0.6 is 0 Å². The van der Waals surface area contributed by atoms with E-state index < -0.39 is 0 Å². The summed E-state index contributed by atoms with van der Waals surface area (Å²) in [4.78, 5) is 0. The number of nitrogens with zero attached hydrogens (tertiary/aromatic N) is 3. The molecule has 0 bridgehead atoms. The van der Waals surface area contributed by atoms with Crippen molar-refractivity contribution in [3.8, 4) is 0 Å². The van der Waals surface area contributed by atoms with Gasteiger partial charge in [-0.05, 0) is 19.1 Å². The lowest BCUT2D eigenvalue weighted by molar-refractivity contribution is 0.425. The van der Waals surface area contributed by atoms with Crippen LogP contribution in [0.3, 0.4) is 0 Å². The van der Waals surface area contributed by atoms with Gasteiger partial charge in [0.2, 0.25) is 0 Å². The van der Waals surface area contributed by atoms with E-state index in [1.807, 2.05) is 19.2 Å². The molecule has 15 heavy (non-hydrogen) atoms. The standard InChI is InChI=1S/C10H14N4O/c1-8(10-4-3-5-15-10)11-6-9-7-12-13-14(9)2/h3-5,7-8,11H,6H2,1-2H3/t8-/m0/s1. The Labute approximate surface area is 88.1 Å². The molecule has 2 rings (SSSR count). The maximum absolute atomic E-state index is 5.29. The summed E-state index contributed by atoms with van der Waals surface area (Å²) in [7, 11) is 1.88. The van der Waals surface area contributed by atoms with Crippen LogP contribution < -0.4 is 5.32 Å². The van der Waals surface area contributed by atoms with Crippen molar-refractivity contribution >= 4 is 0 Å². The number of hydrogen-bond acceptors (Lipinski definition) is 4. The summed E-state index contributed by atoms with van der Waals surface area (Å²) in [6, 6.07) is 4.04. The van der Waals surface area contributed by atoms with Gasteiger partial charge < -0.3 is 9.73 Å². The van der Waals surface area contributed by atoms with Crippen molar-refractivity contribution in [2.45, 2.75) is 19.5 Å². The average molecular weight is 206 g/mol. The van der Waals surface area contributed by atoms with Gasteiger partial charge in [-0.1, -0.05) is 5.21 Å². The second-order valence-electron chi connectivity index (χ2n) is 3.47. The quantitative estimate of drug-likeness (QED) is 0.818. The Morgan fingerprint density at radius 2 is 2.47 bits per heavy atom. The lowest BCUT2D eigenvalue weighted by Gasteiger charge is -2.10. The smallest absolute Gasteiger partial charge is 0.120 e. The lowest BCUT2D eigenvalue weighted by Crippen LogP contribution is -2.19. The minimum atomic E-state index is 0.190. The van der Waals surface area contributed by atoms with Gasteiger partial charge in [0.15, 0.2) is 0 Å². The molecule has 5 heteroatoms. The summed E-state index contributed by atoms with van der Waals surface area (Å²) in [5.41, 5.74) is 1.05.